The van der Waals surface area contributed by atoms with Crippen molar-refractivity contribution in [3.05, 3.63) is 52.8 Å². The van der Waals surface area contributed by atoms with Crippen molar-refractivity contribution >= 4 is 6.03 Å². The summed E-state index contributed by atoms with van der Waals surface area (Å²) in [6.07, 6.45) is -2.75. The number of alkyl halides is 3. The van der Waals surface area contributed by atoms with Crippen LogP contribution in [-0.4, -0.2) is 15.8 Å². The van der Waals surface area contributed by atoms with Gasteiger partial charge in [0.15, 0.2) is 0 Å². The summed E-state index contributed by atoms with van der Waals surface area (Å²) < 4.78 is 39.9. The summed E-state index contributed by atoms with van der Waals surface area (Å²) in [6, 6.07) is 3.90. The molecule has 0 aliphatic carbocycles. The highest BCUT2D eigenvalue weighted by atomic mass is 19.4. The third-order valence-corrected chi connectivity index (χ3v) is 3.84. The number of rotatable bonds is 4. The van der Waals surface area contributed by atoms with Crippen molar-refractivity contribution in [2.75, 3.05) is 0 Å². The molecule has 0 unspecified atom stereocenters. The lowest BCUT2D eigenvalue weighted by atomic mass is 10.1. The van der Waals surface area contributed by atoms with Gasteiger partial charge in [-0.25, -0.2) is 4.79 Å². The third-order valence-electron chi connectivity index (χ3n) is 3.84. The van der Waals surface area contributed by atoms with E-state index in [4.69, 9.17) is 0 Å². The fourth-order valence-corrected chi connectivity index (χ4v) is 2.21. The lowest BCUT2D eigenvalue weighted by Gasteiger charge is -2.16. The number of carbonyl (C=O) groups excluding carboxylic acids is 1. The molecule has 0 aliphatic rings. The number of aryl methyl sites for hydroxylation is 1. The van der Waals surface area contributed by atoms with Crippen LogP contribution in [0.4, 0.5) is 18.0 Å². The maximum absolute atomic E-state index is 12.7. The van der Waals surface area contributed by atoms with Crippen LogP contribution in [0.1, 0.15) is 35.3 Å². The molecule has 2 aromatic rings. The van der Waals surface area contributed by atoms with Gasteiger partial charge in [-0.15, -0.1) is 0 Å². The highest BCUT2D eigenvalue weighted by Gasteiger charge is 2.30. The first-order valence-electron chi connectivity index (χ1n) is 7.37. The molecule has 1 aromatic carbocycles. The second-order valence-corrected chi connectivity index (χ2v) is 5.55. The topological polar surface area (TPSA) is 59.0 Å². The molecular formula is C16H19F3N4O. The summed E-state index contributed by atoms with van der Waals surface area (Å²) in [6.45, 7) is 3.80. The molecule has 24 heavy (non-hydrogen) atoms. The minimum atomic E-state index is -4.41. The number of halogens is 3. The van der Waals surface area contributed by atoms with E-state index >= 15 is 0 Å². The van der Waals surface area contributed by atoms with Gasteiger partial charge in [0, 0.05) is 24.8 Å². The first-order chi connectivity index (χ1) is 11.2. The normalized spacial score (nSPS) is 12.8. The lowest BCUT2D eigenvalue weighted by molar-refractivity contribution is -0.137. The molecule has 0 spiro atoms. The third kappa shape index (κ3) is 4.27. The fourth-order valence-electron chi connectivity index (χ4n) is 2.21. The molecule has 1 heterocycles. The minimum absolute atomic E-state index is 0.292. The predicted octanol–water partition coefficient (Wildman–Crippen LogP) is 3.31. The van der Waals surface area contributed by atoms with Crippen molar-refractivity contribution in [3.63, 3.8) is 0 Å². The van der Waals surface area contributed by atoms with Gasteiger partial charge >= 0.3 is 12.2 Å². The van der Waals surface area contributed by atoms with E-state index in [0.717, 1.165) is 23.4 Å². The van der Waals surface area contributed by atoms with Crippen LogP contribution in [0.5, 0.6) is 0 Å². The van der Waals surface area contributed by atoms with E-state index in [1.54, 1.807) is 30.9 Å². The molecule has 2 rings (SSSR count). The van der Waals surface area contributed by atoms with Gasteiger partial charge < -0.3 is 10.6 Å². The van der Waals surface area contributed by atoms with Crippen LogP contribution in [0.15, 0.2) is 30.5 Å². The maximum atomic E-state index is 12.7. The fraction of sp³-hybridized carbons (Fsp3) is 0.375. The molecule has 2 amide bonds. The van der Waals surface area contributed by atoms with Gasteiger partial charge in [0.25, 0.3) is 0 Å². The quantitative estimate of drug-likeness (QED) is 0.897. The summed E-state index contributed by atoms with van der Waals surface area (Å²) in [5.41, 5.74) is 1.46. The van der Waals surface area contributed by atoms with Gasteiger partial charge in [0.1, 0.15) is 0 Å². The first-order valence-corrected chi connectivity index (χ1v) is 7.37. The Kier molecular flexibility index (Phi) is 5.16. The second kappa shape index (κ2) is 6.94. The van der Waals surface area contributed by atoms with Crippen LogP contribution in [0.2, 0.25) is 0 Å². The Morgan fingerprint density at radius 3 is 2.67 bits per heavy atom. The van der Waals surface area contributed by atoms with Gasteiger partial charge in [-0.2, -0.15) is 18.3 Å². The van der Waals surface area contributed by atoms with Crippen molar-refractivity contribution in [1.82, 2.24) is 20.4 Å². The molecular weight excluding hydrogens is 321 g/mol. The number of hydrogen-bond donors (Lipinski definition) is 2. The molecule has 0 fully saturated rings. The monoisotopic (exact) mass is 340 g/mol. The van der Waals surface area contributed by atoms with Crippen molar-refractivity contribution in [3.8, 4) is 0 Å². The molecule has 0 aliphatic heterocycles. The predicted molar refractivity (Wildman–Crippen MR) is 83.2 cm³/mol. The van der Waals surface area contributed by atoms with Crippen LogP contribution in [-0.2, 0) is 19.8 Å². The number of nitrogens with zero attached hydrogens (tertiary/aromatic N) is 2. The number of carbonyl (C=O) groups is 1. The van der Waals surface area contributed by atoms with E-state index in [0.29, 0.717) is 12.1 Å². The smallest absolute Gasteiger partial charge is 0.334 e. The highest BCUT2D eigenvalue weighted by Crippen LogP contribution is 2.30. The van der Waals surface area contributed by atoms with E-state index in [2.05, 4.69) is 15.7 Å². The van der Waals surface area contributed by atoms with E-state index in [9.17, 15) is 18.0 Å². The summed E-state index contributed by atoms with van der Waals surface area (Å²) in [7, 11) is 1.80. The Balaban J connectivity index is 1.95. The van der Waals surface area contributed by atoms with Crippen LogP contribution >= 0.6 is 0 Å². The van der Waals surface area contributed by atoms with Gasteiger partial charge in [0.2, 0.25) is 0 Å². The Bertz CT molecular complexity index is 724. The Morgan fingerprint density at radius 2 is 2.08 bits per heavy atom. The van der Waals surface area contributed by atoms with E-state index in [-0.39, 0.29) is 0 Å². The molecule has 1 atom stereocenters. The molecule has 130 valence electrons. The second-order valence-electron chi connectivity index (χ2n) is 5.55. The Morgan fingerprint density at radius 1 is 1.38 bits per heavy atom. The molecule has 0 saturated carbocycles. The lowest BCUT2D eigenvalue weighted by Crippen LogP contribution is -2.36. The zero-order valence-electron chi connectivity index (χ0n) is 13.6. The number of urea groups is 1. The van der Waals surface area contributed by atoms with Crippen molar-refractivity contribution in [1.29, 1.82) is 0 Å². The maximum Gasteiger partial charge on any atom is 0.416 e. The summed E-state index contributed by atoms with van der Waals surface area (Å²) >= 11 is 0. The van der Waals surface area contributed by atoms with E-state index in [1.165, 1.54) is 6.07 Å². The Labute approximate surface area is 137 Å². The van der Waals surface area contributed by atoms with Crippen LogP contribution in [0, 0.1) is 6.92 Å². The SMILES string of the molecule is Cc1c(CNC(=O)N[C@@H](C)c2cccc(C(F)(F)F)c2)cnn1C. The summed E-state index contributed by atoms with van der Waals surface area (Å²) in [5, 5.41) is 9.37. The van der Waals surface area contributed by atoms with E-state index < -0.39 is 23.8 Å². The first kappa shape index (κ1) is 17.8. The number of benzene rings is 1. The van der Waals surface area contributed by atoms with Gasteiger partial charge in [-0.1, -0.05) is 12.1 Å². The molecule has 5 nitrogen and oxygen atoms in total. The number of aromatic nitrogens is 2. The highest BCUT2D eigenvalue weighted by molar-refractivity contribution is 5.74. The number of amides is 2. The van der Waals surface area contributed by atoms with Crippen molar-refractivity contribution in [2.45, 2.75) is 32.6 Å². The van der Waals surface area contributed by atoms with Crippen LogP contribution < -0.4 is 10.6 Å². The van der Waals surface area contributed by atoms with Gasteiger partial charge in [-0.05, 0) is 31.5 Å². The average Bonchev–Trinajstić information content (AvgIpc) is 2.84. The number of hydrogen-bond acceptors (Lipinski definition) is 2. The van der Waals surface area contributed by atoms with Gasteiger partial charge in [-0.3, -0.25) is 4.68 Å². The zero-order chi connectivity index (χ0) is 17.9. The van der Waals surface area contributed by atoms with Crippen molar-refractivity contribution < 1.29 is 18.0 Å². The zero-order valence-corrected chi connectivity index (χ0v) is 13.6. The van der Waals surface area contributed by atoms with Crippen LogP contribution in [0.3, 0.4) is 0 Å². The minimum Gasteiger partial charge on any atom is -0.334 e. The summed E-state index contributed by atoms with van der Waals surface area (Å²) in [4.78, 5) is 11.9. The Hall–Kier alpha value is -2.51. The number of nitrogens with one attached hydrogen (secondary N) is 2. The standard InChI is InChI=1S/C16H19F3N4O/c1-10(12-5-4-6-14(7-12)16(17,18)19)22-15(24)20-8-13-9-21-23(3)11(13)2/h4-7,9-10H,8H2,1-3H3,(H2,20,22,24)/t10-/m0/s1. The molecule has 8 heteroatoms. The van der Waals surface area contributed by atoms with Crippen LogP contribution in [0.25, 0.3) is 0 Å². The molecule has 0 bridgehead atoms. The largest absolute Gasteiger partial charge is 0.416 e. The molecule has 2 N–H and O–H groups in total. The molecule has 0 radical (unpaired) electrons. The molecule has 0 saturated heterocycles. The average molecular weight is 340 g/mol. The van der Waals surface area contributed by atoms with E-state index in [1.807, 2.05) is 6.92 Å². The molecule has 1 aromatic heterocycles. The van der Waals surface area contributed by atoms with Crippen molar-refractivity contribution in [2.24, 2.45) is 7.05 Å². The summed E-state index contributed by atoms with van der Waals surface area (Å²) in [5.74, 6) is 0. The van der Waals surface area contributed by atoms with Gasteiger partial charge in [0.05, 0.1) is 17.8 Å².